The first-order chi connectivity index (χ1) is 16.1. The molecular formula is C30H45NO4. The quantitative estimate of drug-likeness (QED) is 0.352. The molecule has 5 rings (SSSR count). The molecule has 194 valence electrons. The zero-order valence-electron chi connectivity index (χ0n) is 22.8. The Kier molecular flexibility index (Phi) is 5.25. The van der Waals surface area contributed by atoms with Crippen LogP contribution < -0.4 is 5.48 Å². The lowest BCUT2D eigenvalue weighted by atomic mass is 9.33. The van der Waals surface area contributed by atoms with Crippen molar-refractivity contribution in [2.45, 2.75) is 106 Å². The summed E-state index contributed by atoms with van der Waals surface area (Å²) in [5, 5.41) is 9.44. The predicted molar refractivity (Wildman–Crippen MR) is 134 cm³/mol. The molecule has 0 aromatic heterocycles. The largest absolute Gasteiger partial charge is 0.299 e. The molecule has 0 saturated heterocycles. The summed E-state index contributed by atoms with van der Waals surface area (Å²) in [6.07, 6.45) is 9.87. The minimum atomic E-state index is -0.629. The van der Waals surface area contributed by atoms with Crippen LogP contribution in [-0.4, -0.2) is 22.7 Å². The van der Waals surface area contributed by atoms with Crippen LogP contribution in [0.5, 0.6) is 0 Å². The molecule has 8 unspecified atom stereocenters. The molecule has 5 nitrogen and oxygen atoms in total. The maximum absolute atomic E-state index is 14.2. The van der Waals surface area contributed by atoms with Crippen LogP contribution in [0.2, 0.25) is 0 Å². The van der Waals surface area contributed by atoms with E-state index in [4.69, 9.17) is 0 Å². The Labute approximate surface area is 210 Å². The summed E-state index contributed by atoms with van der Waals surface area (Å²) < 4.78 is 0. The fourth-order valence-corrected chi connectivity index (χ4v) is 10.3. The molecule has 0 aliphatic heterocycles. The van der Waals surface area contributed by atoms with Crippen LogP contribution in [0.1, 0.15) is 106 Å². The Bertz CT molecular complexity index is 1030. The average molecular weight is 484 g/mol. The number of fused-ring (bicyclic) bond motifs is 7. The lowest BCUT2D eigenvalue weighted by Crippen LogP contribution is -2.66. The number of Topliss-reactive ketones (excluding diaryl/α,β-unsaturated/α-hetero) is 1. The van der Waals surface area contributed by atoms with E-state index in [1.165, 1.54) is 5.57 Å². The van der Waals surface area contributed by atoms with Gasteiger partial charge in [0.1, 0.15) is 5.78 Å². The van der Waals surface area contributed by atoms with Crippen LogP contribution in [0.15, 0.2) is 11.6 Å². The Balaban J connectivity index is 1.62. The third-order valence-electron chi connectivity index (χ3n) is 13.0. The molecule has 2 N–H and O–H groups in total. The van der Waals surface area contributed by atoms with Gasteiger partial charge in [0.05, 0.1) is 0 Å². The van der Waals surface area contributed by atoms with Crippen LogP contribution in [0.3, 0.4) is 0 Å². The Hall–Kier alpha value is -1.49. The number of carbonyl (C=O) groups is 3. The third kappa shape index (κ3) is 3.00. The molecule has 35 heavy (non-hydrogen) atoms. The van der Waals surface area contributed by atoms with Crippen molar-refractivity contribution in [3.05, 3.63) is 11.6 Å². The molecule has 4 saturated carbocycles. The SMILES string of the molecule is CC1(C(=O)NO)CCC2(C)CCC3(C)C(=CC(=O)C4C5(C)CCC(=O)C(C)(C)C5CCC43C)C2C1. The van der Waals surface area contributed by atoms with Gasteiger partial charge in [-0.3, -0.25) is 19.6 Å². The first kappa shape index (κ1) is 25.2. The van der Waals surface area contributed by atoms with Crippen molar-refractivity contribution < 1.29 is 19.6 Å². The predicted octanol–water partition coefficient (Wildman–Crippen LogP) is 6.04. The van der Waals surface area contributed by atoms with Crippen molar-refractivity contribution in [3.8, 4) is 0 Å². The van der Waals surface area contributed by atoms with E-state index in [-0.39, 0.29) is 56.5 Å². The molecular weight excluding hydrogens is 438 g/mol. The van der Waals surface area contributed by atoms with Crippen molar-refractivity contribution >= 4 is 17.5 Å². The second-order valence-corrected chi connectivity index (χ2v) is 14.8. The Morgan fingerprint density at radius 1 is 0.943 bits per heavy atom. The molecule has 1 amide bonds. The van der Waals surface area contributed by atoms with Gasteiger partial charge in [-0.15, -0.1) is 0 Å². The van der Waals surface area contributed by atoms with E-state index in [2.05, 4.69) is 41.5 Å². The molecule has 5 aliphatic rings. The molecule has 0 radical (unpaired) electrons. The van der Waals surface area contributed by atoms with Crippen molar-refractivity contribution in [2.24, 2.45) is 50.2 Å². The van der Waals surface area contributed by atoms with E-state index in [1.54, 1.807) is 0 Å². The zero-order valence-corrected chi connectivity index (χ0v) is 22.8. The van der Waals surface area contributed by atoms with Crippen molar-refractivity contribution in [1.29, 1.82) is 0 Å². The van der Waals surface area contributed by atoms with Gasteiger partial charge in [-0.2, -0.15) is 0 Å². The van der Waals surface area contributed by atoms with Crippen LogP contribution >= 0.6 is 0 Å². The lowest BCUT2D eigenvalue weighted by Gasteiger charge is -2.69. The van der Waals surface area contributed by atoms with Crippen LogP contribution in [0, 0.1) is 50.2 Å². The van der Waals surface area contributed by atoms with Gasteiger partial charge in [-0.25, -0.2) is 5.48 Å². The van der Waals surface area contributed by atoms with Gasteiger partial charge in [0.25, 0.3) is 0 Å². The summed E-state index contributed by atoms with van der Waals surface area (Å²) in [5.41, 5.74) is 1.80. The fourth-order valence-electron chi connectivity index (χ4n) is 10.3. The topological polar surface area (TPSA) is 83.5 Å². The minimum Gasteiger partial charge on any atom is -0.299 e. The highest BCUT2D eigenvalue weighted by atomic mass is 16.5. The number of ketones is 2. The number of hydrogen-bond donors (Lipinski definition) is 2. The number of hydrogen-bond acceptors (Lipinski definition) is 4. The van der Waals surface area contributed by atoms with Gasteiger partial charge in [0, 0.05) is 23.2 Å². The molecule has 5 heteroatoms. The summed E-state index contributed by atoms with van der Waals surface area (Å²) in [6.45, 7) is 15.6. The van der Waals surface area contributed by atoms with Gasteiger partial charge >= 0.3 is 0 Å². The van der Waals surface area contributed by atoms with E-state index < -0.39 is 5.41 Å². The van der Waals surface area contributed by atoms with Gasteiger partial charge in [0.15, 0.2) is 5.78 Å². The van der Waals surface area contributed by atoms with Gasteiger partial charge < -0.3 is 0 Å². The lowest BCUT2D eigenvalue weighted by molar-refractivity contribution is -0.188. The molecule has 0 aromatic carbocycles. The maximum atomic E-state index is 14.2. The highest BCUT2D eigenvalue weighted by Gasteiger charge is 2.70. The van der Waals surface area contributed by atoms with E-state index >= 15 is 0 Å². The summed E-state index contributed by atoms with van der Waals surface area (Å²) >= 11 is 0. The molecule has 0 bridgehead atoms. The van der Waals surface area contributed by atoms with Crippen LogP contribution in [0.4, 0.5) is 0 Å². The van der Waals surface area contributed by atoms with Gasteiger partial charge in [0.2, 0.25) is 5.91 Å². The summed E-state index contributed by atoms with van der Waals surface area (Å²) in [5.74, 6) is 0.619. The average Bonchev–Trinajstić information content (AvgIpc) is 2.78. The Morgan fingerprint density at radius 3 is 2.26 bits per heavy atom. The van der Waals surface area contributed by atoms with Crippen LogP contribution in [0.25, 0.3) is 0 Å². The number of carbonyl (C=O) groups excluding carboxylic acids is 3. The summed E-state index contributed by atoms with van der Waals surface area (Å²) in [6, 6.07) is 0. The Morgan fingerprint density at radius 2 is 1.60 bits per heavy atom. The zero-order chi connectivity index (χ0) is 25.8. The third-order valence-corrected chi connectivity index (χ3v) is 13.0. The molecule has 0 spiro atoms. The monoisotopic (exact) mass is 483 g/mol. The number of amides is 1. The molecule has 0 heterocycles. The number of allylic oxidation sites excluding steroid dienone is 2. The second kappa shape index (κ2) is 7.30. The number of rotatable bonds is 1. The smallest absolute Gasteiger partial charge is 0.249 e. The van der Waals surface area contributed by atoms with Gasteiger partial charge in [-0.05, 0) is 90.9 Å². The minimum absolute atomic E-state index is 0.0738. The number of nitrogens with one attached hydrogen (secondary N) is 1. The first-order valence-corrected chi connectivity index (χ1v) is 13.8. The van der Waals surface area contributed by atoms with E-state index in [0.29, 0.717) is 18.6 Å². The van der Waals surface area contributed by atoms with Crippen molar-refractivity contribution in [1.82, 2.24) is 5.48 Å². The summed E-state index contributed by atoms with van der Waals surface area (Å²) in [4.78, 5) is 39.8. The molecule has 8 atom stereocenters. The highest BCUT2D eigenvalue weighted by molar-refractivity contribution is 5.96. The molecule has 4 fully saturated rings. The van der Waals surface area contributed by atoms with Crippen molar-refractivity contribution in [2.75, 3.05) is 0 Å². The van der Waals surface area contributed by atoms with Gasteiger partial charge in [-0.1, -0.05) is 54.0 Å². The van der Waals surface area contributed by atoms with E-state index in [1.807, 2.05) is 18.5 Å². The maximum Gasteiger partial charge on any atom is 0.249 e. The van der Waals surface area contributed by atoms with Crippen LogP contribution in [-0.2, 0) is 14.4 Å². The molecule has 5 aliphatic carbocycles. The molecule has 0 aromatic rings. The second-order valence-electron chi connectivity index (χ2n) is 14.8. The fraction of sp³-hybridized carbons (Fsp3) is 0.833. The first-order valence-electron chi connectivity index (χ1n) is 13.8. The van der Waals surface area contributed by atoms with Crippen molar-refractivity contribution in [3.63, 3.8) is 0 Å². The van der Waals surface area contributed by atoms with E-state index in [9.17, 15) is 19.6 Å². The highest BCUT2D eigenvalue weighted by Crippen LogP contribution is 2.74. The number of hydroxylamine groups is 1. The standard InChI is InChI=1S/C30H45NO4/c1-25(2)21-8-11-30(7)23(28(21,5)10-9-22(25)33)20(32)16-18-19-17-27(4,24(34)31-35)13-12-26(19,3)14-15-29(18,30)6/h16,19,21,23,35H,8-15,17H2,1-7H3,(H,31,34). The van der Waals surface area contributed by atoms with E-state index in [0.717, 1.165) is 44.9 Å². The normalized spacial score (nSPS) is 50.7. The summed E-state index contributed by atoms with van der Waals surface area (Å²) in [7, 11) is 0.